The van der Waals surface area contributed by atoms with Crippen molar-refractivity contribution in [1.29, 1.82) is 0 Å². The molecule has 0 aromatic carbocycles. The maximum Gasteiger partial charge on any atom is 0.0600 e. The highest BCUT2D eigenvalue weighted by Gasteiger charge is 2.15. The summed E-state index contributed by atoms with van der Waals surface area (Å²) < 4.78 is 72.8. The van der Waals surface area contributed by atoms with E-state index in [2.05, 4.69) is 0 Å². The van der Waals surface area contributed by atoms with Crippen LogP contribution >= 0.6 is 0 Å². The molecule has 0 aliphatic heterocycles. The summed E-state index contributed by atoms with van der Waals surface area (Å²) in [6, 6.07) is 0. The molecule has 1 fully saturated rings. The minimum Gasteiger partial charge on any atom is -0.393 e. The van der Waals surface area contributed by atoms with Crippen LogP contribution in [0.1, 0.15) is 39.2 Å². The molecule has 0 amide bonds. The van der Waals surface area contributed by atoms with E-state index in [0.717, 1.165) is 0 Å². The first kappa shape index (κ1) is 1.18. The van der Waals surface area contributed by atoms with Crippen molar-refractivity contribution >= 4 is 0 Å². The number of hydrogen-bond donors (Lipinski definition) is 2. The quantitative estimate of drug-likeness (QED) is 0.489. The molecule has 2 N–H and O–H groups in total. The molecule has 1 aliphatic rings. The van der Waals surface area contributed by atoms with Crippen LogP contribution in [0.4, 0.5) is 0 Å². The average Bonchev–Trinajstić information content (AvgIpc) is 2.14. The van der Waals surface area contributed by atoms with Gasteiger partial charge in [-0.25, -0.2) is 0 Å². The van der Waals surface area contributed by atoms with Gasteiger partial charge in [-0.3, -0.25) is 0 Å². The molecule has 8 heavy (non-hydrogen) atoms. The van der Waals surface area contributed by atoms with Gasteiger partial charge in [-0.05, 0) is 25.5 Å². The standard InChI is InChI=1S/C6H12O2/c7-5-1-2-6(8)4-3-5/h5-8H,1-4H2/i1D2,2D2,3D2,4D2,5D,6D. The molecule has 0 aromatic rings. The summed E-state index contributed by atoms with van der Waals surface area (Å²) >= 11 is 0. The Labute approximate surface area is 63.2 Å². The normalized spacial score (nSPS) is 102. The second-order valence-corrected chi connectivity index (χ2v) is 1.20. The molecule has 0 aromatic heterocycles. The smallest absolute Gasteiger partial charge is 0.0600 e. The Morgan fingerprint density at radius 3 is 1.62 bits per heavy atom. The van der Waals surface area contributed by atoms with Crippen LogP contribution in [-0.4, -0.2) is 22.4 Å². The number of rotatable bonds is 0. The summed E-state index contributed by atoms with van der Waals surface area (Å²) in [6.45, 7) is 0. The third kappa shape index (κ3) is 1.46. The Morgan fingerprint density at radius 2 is 1.38 bits per heavy atom. The highest BCUT2D eigenvalue weighted by Crippen LogP contribution is 2.17. The van der Waals surface area contributed by atoms with Crippen LogP contribution in [0.3, 0.4) is 0 Å². The Kier molecular flexibility index (Phi) is 0.364. The molecule has 0 heterocycles. The molecular formula is C6H12O2. The lowest BCUT2D eigenvalue weighted by Gasteiger charge is -2.20. The van der Waals surface area contributed by atoms with Gasteiger partial charge in [0.15, 0.2) is 0 Å². The van der Waals surface area contributed by atoms with Crippen LogP contribution in [0, 0.1) is 0 Å². The van der Waals surface area contributed by atoms with Crippen molar-refractivity contribution in [2.45, 2.75) is 37.7 Å². The predicted octanol–water partition coefficient (Wildman–Crippen LogP) is 0.282. The van der Waals surface area contributed by atoms with E-state index in [4.69, 9.17) is 13.7 Å². The maximum absolute atomic E-state index is 9.58. The molecule has 2 heteroatoms. The van der Waals surface area contributed by atoms with E-state index in [9.17, 15) is 10.2 Å². The molecule has 1 aliphatic carbocycles. The predicted molar refractivity (Wildman–Crippen MR) is 30.5 cm³/mol. The van der Waals surface area contributed by atoms with Crippen molar-refractivity contribution in [3.63, 3.8) is 0 Å². The van der Waals surface area contributed by atoms with Gasteiger partial charge in [0.05, 0.1) is 14.9 Å². The second kappa shape index (κ2) is 2.46. The van der Waals surface area contributed by atoms with Gasteiger partial charge in [-0.1, -0.05) is 0 Å². The van der Waals surface area contributed by atoms with Crippen LogP contribution in [-0.2, 0) is 0 Å². The fraction of sp³-hybridized carbons (Fsp3) is 1.00. The van der Waals surface area contributed by atoms with Gasteiger partial charge >= 0.3 is 0 Å². The van der Waals surface area contributed by atoms with E-state index in [0.29, 0.717) is 0 Å². The second-order valence-electron chi connectivity index (χ2n) is 1.20. The third-order valence-corrected chi connectivity index (χ3v) is 0.599. The molecule has 0 bridgehead atoms. The molecule has 1 rings (SSSR count). The Balaban J connectivity index is 3.72. The molecule has 0 radical (unpaired) electrons. The highest BCUT2D eigenvalue weighted by atomic mass is 16.3. The summed E-state index contributed by atoms with van der Waals surface area (Å²) in [5.74, 6) is 0. The van der Waals surface area contributed by atoms with Crippen molar-refractivity contribution in [3.05, 3.63) is 0 Å². The lowest BCUT2D eigenvalue weighted by Crippen LogP contribution is -2.21. The monoisotopic (exact) mass is 126 g/mol. The van der Waals surface area contributed by atoms with Crippen molar-refractivity contribution < 1.29 is 23.9 Å². The van der Waals surface area contributed by atoms with Crippen molar-refractivity contribution in [3.8, 4) is 0 Å². The zero-order valence-electron chi connectivity index (χ0n) is 13.9. The van der Waals surface area contributed by atoms with Gasteiger partial charge in [-0.15, -0.1) is 0 Å². The minimum absolute atomic E-state index is 3.70. The van der Waals surface area contributed by atoms with Gasteiger partial charge in [0.2, 0.25) is 0 Å². The average molecular weight is 126 g/mol. The lowest BCUT2D eigenvalue weighted by molar-refractivity contribution is 0.0541. The molecule has 0 saturated heterocycles. The van der Waals surface area contributed by atoms with Crippen LogP contribution in [0.5, 0.6) is 0 Å². The third-order valence-electron chi connectivity index (χ3n) is 0.599. The van der Waals surface area contributed by atoms with Gasteiger partial charge < -0.3 is 10.2 Å². The van der Waals surface area contributed by atoms with E-state index in [1.54, 1.807) is 0 Å². The summed E-state index contributed by atoms with van der Waals surface area (Å²) in [5, 5.41) is 19.2. The van der Waals surface area contributed by atoms with E-state index in [1.807, 2.05) is 0 Å². The largest absolute Gasteiger partial charge is 0.393 e. The fourth-order valence-corrected chi connectivity index (χ4v) is 0.299. The molecular weight excluding hydrogens is 104 g/mol. The van der Waals surface area contributed by atoms with Gasteiger partial charge in [0.1, 0.15) is 0 Å². The van der Waals surface area contributed by atoms with Gasteiger partial charge in [0, 0.05) is 11.0 Å². The topological polar surface area (TPSA) is 40.5 Å². The Morgan fingerprint density at radius 1 is 1.12 bits per heavy atom. The molecule has 0 unspecified atom stereocenters. The maximum atomic E-state index is 9.58. The van der Waals surface area contributed by atoms with E-state index < -0.39 is 37.7 Å². The molecule has 48 valence electrons. The highest BCUT2D eigenvalue weighted by molar-refractivity contribution is 4.69. The zero-order chi connectivity index (χ0) is 15.0. The number of hydrogen-bond acceptors (Lipinski definition) is 2. The SMILES string of the molecule is [2H]C1([2H])C([2H])([2H])C([2H])(O)C([2H])([2H])C([2H])([2H])C1([2H])O. The van der Waals surface area contributed by atoms with Crippen LogP contribution in [0.2, 0.25) is 0 Å². The van der Waals surface area contributed by atoms with Gasteiger partial charge in [0.25, 0.3) is 0 Å². The van der Waals surface area contributed by atoms with Crippen LogP contribution in [0.25, 0.3) is 0 Å². The summed E-state index contributed by atoms with van der Waals surface area (Å²) in [5.41, 5.74) is 0. The number of aliphatic hydroxyl groups is 2. The van der Waals surface area contributed by atoms with Crippen LogP contribution in [0.15, 0.2) is 0 Å². The molecule has 0 spiro atoms. The fourth-order valence-electron chi connectivity index (χ4n) is 0.299. The molecule has 2 nitrogen and oxygen atoms in total. The summed E-state index contributed by atoms with van der Waals surface area (Å²) in [6.07, 6.45) is -22.4. The van der Waals surface area contributed by atoms with E-state index >= 15 is 0 Å². The van der Waals surface area contributed by atoms with Crippen molar-refractivity contribution in [1.82, 2.24) is 0 Å². The summed E-state index contributed by atoms with van der Waals surface area (Å²) in [7, 11) is 0. The first-order valence-electron chi connectivity index (χ1n) is 6.95. The van der Waals surface area contributed by atoms with E-state index in [-0.39, 0.29) is 0 Å². The van der Waals surface area contributed by atoms with Crippen LogP contribution < -0.4 is 0 Å². The Bertz CT molecular complexity index is 256. The van der Waals surface area contributed by atoms with Crippen molar-refractivity contribution in [2.24, 2.45) is 0 Å². The van der Waals surface area contributed by atoms with Crippen molar-refractivity contribution in [2.75, 3.05) is 0 Å². The first-order chi connectivity index (χ1) is 7.50. The molecule has 0 atom stereocenters. The summed E-state index contributed by atoms with van der Waals surface area (Å²) in [4.78, 5) is 0. The zero-order valence-corrected chi connectivity index (χ0v) is 3.89. The van der Waals surface area contributed by atoms with E-state index in [1.165, 1.54) is 0 Å². The first-order valence-corrected chi connectivity index (χ1v) is 1.95. The lowest BCUT2D eigenvalue weighted by atomic mass is 9.95. The van der Waals surface area contributed by atoms with Gasteiger partial charge in [-0.2, -0.15) is 0 Å². The Hall–Kier alpha value is -0.0800. The minimum atomic E-state index is -3.82. The molecule has 1 saturated carbocycles.